The molecule has 0 aliphatic carbocycles. The van der Waals surface area contributed by atoms with Crippen molar-refractivity contribution in [1.82, 2.24) is 9.13 Å². The van der Waals surface area contributed by atoms with Crippen molar-refractivity contribution < 1.29 is 18.8 Å². The Morgan fingerprint density at radius 2 is 1.38 bits per heavy atom. The number of carbonyl (C=O) groups excluding carboxylic acids is 2. The first-order chi connectivity index (χ1) is 22.2. The van der Waals surface area contributed by atoms with Gasteiger partial charge < -0.3 is 9.16 Å². The van der Waals surface area contributed by atoms with Gasteiger partial charge in [-0.3, -0.25) is 19.0 Å². The highest BCUT2D eigenvalue weighted by Gasteiger charge is 2.55. The molecule has 0 bridgehead atoms. The van der Waals surface area contributed by atoms with Gasteiger partial charge in [-0.15, -0.1) is 11.3 Å². The van der Waals surface area contributed by atoms with Crippen molar-refractivity contribution in [3.63, 3.8) is 0 Å². The molecule has 0 saturated heterocycles. The summed E-state index contributed by atoms with van der Waals surface area (Å²) in [5.74, 6) is -0.737. The van der Waals surface area contributed by atoms with E-state index in [0.29, 0.717) is 25.5 Å². The number of ether oxygens (including phenoxy) is 1. The SMILES string of the molecule is COc1ccccc1C(=O)Cn1c(=O)n(C(C)(C)C(=O)O[Si](c2ccccc2)(c2ccccc2)C(C)(C)C)c(=O)c2c(C)c(Br)sc21. The first-order valence-corrected chi connectivity index (χ1v) is 18.6. The summed E-state index contributed by atoms with van der Waals surface area (Å²) in [5.41, 5.74) is -2.27. The Labute approximate surface area is 286 Å². The maximum atomic E-state index is 14.7. The first kappa shape index (κ1) is 34.3. The largest absolute Gasteiger partial charge is 0.508 e. The Balaban J connectivity index is 1.71. The number of hydrogen-bond donors (Lipinski definition) is 0. The Morgan fingerprint density at radius 3 is 1.91 bits per heavy atom. The molecule has 11 heteroatoms. The second kappa shape index (κ2) is 12.9. The highest BCUT2D eigenvalue weighted by molar-refractivity contribution is 9.11. The van der Waals surface area contributed by atoms with Crippen molar-refractivity contribution in [1.29, 1.82) is 0 Å². The summed E-state index contributed by atoms with van der Waals surface area (Å²) in [6, 6.07) is 26.1. The van der Waals surface area contributed by atoms with Gasteiger partial charge in [-0.1, -0.05) is 93.6 Å². The number of fused-ring (bicyclic) bond motifs is 1. The van der Waals surface area contributed by atoms with Gasteiger partial charge in [-0.2, -0.15) is 0 Å². The lowest BCUT2D eigenvalue weighted by Crippen LogP contribution is -2.69. The quantitative estimate of drug-likeness (QED) is 0.136. The minimum Gasteiger partial charge on any atom is -0.508 e. The normalized spacial score (nSPS) is 12.3. The molecule has 0 atom stereocenters. The fourth-order valence-electron chi connectivity index (χ4n) is 6.06. The number of nitrogens with zero attached hydrogens (tertiary/aromatic N) is 2. The van der Waals surface area contributed by atoms with Gasteiger partial charge in [0.1, 0.15) is 16.1 Å². The monoisotopic (exact) mass is 732 g/mol. The molecule has 0 amide bonds. The lowest BCUT2D eigenvalue weighted by molar-refractivity contribution is -0.144. The molecule has 5 rings (SSSR count). The van der Waals surface area contributed by atoms with Crippen molar-refractivity contribution in [2.24, 2.45) is 0 Å². The molecule has 8 nitrogen and oxygen atoms in total. The first-order valence-electron chi connectivity index (χ1n) is 15.1. The summed E-state index contributed by atoms with van der Waals surface area (Å²) in [7, 11) is -1.92. The number of carbonyl (C=O) groups is 2. The molecule has 0 saturated carbocycles. The molecule has 5 aromatic rings. The van der Waals surface area contributed by atoms with Gasteiger partial charge >= 0.3 is 20.0 Å². The van der Waals surface area contributed by atoms with Crippen molar-refractivity contribution >= 4 is 67.9 Å². The number of hydrogen-bond acceptors (Lipinski definition) is 7. The van der Waals surface area contributed by atoms with Crippen LogP contribution in [-0.2, 0) is 21.3 Å². The number of rotatable bonds is 9. The van der Waals surface area contributed by atoms with Crippen molar-refractivity contribution in [3.05, 3.63) is 121 Å². The Kier molecular flexibility index (Phi) is 9.38. The molecule has 2 aromatic heterocycles. The summed E-state index contributed by atoms with van der Waals surface area (Å²) in [5, 5.41) is 1.47. The van der Waals surface area contributed by atoms with Gasteiger partial charge in [0.25, 0.3) is 5.56 Å². The Hall–Kier alpha value is -4.06. The zero-order chi connectivity index (χ0) is 34.3. The van der Waals surface area contributed by atoms with Crippen LogP contribution in [0, 0.1) is 6.92 Å². The van der Waals surface area contributed by atoms with Crippen LogP contribution < -0.4 is 26.4 Å². The van der Waals surface area contributed by atoms with Crippen molar-refractivity contribution in [2.45, 2.75) is 58.7 Å². The predicted molar refractivity (Wildman–Crippen MR) is 193 cm³/mol. The molecule has 0 N–H and O–H groups in total. The highest BCUT2D eigenvalue weighted by atomic mass is 79.9. The van der Waals surface area contributed by atoms with E-state index >= 15 is 0 Å². The lowest BCUT2D eigenvalue weighted by Gasteiger charge is -2.43. The van der Waals surface area contributed by atoms with Crippen LogP contribution in [0.1, 0.15) is 50.5 Å². The van der Waals surface area contributed by atoms with Crippen LogP contribution in [-0.4, -0.2) is 36.3 Å². The maximum absolute atomic E-state index is 14.7. The predicted octanol–water partition coefficient (Wildman–Crippen LogP) is 6.03. The van der Waals surface area contributed by atoms with E-state index in [1.807, 2.05) is 81.4 Å². The van der Waals surface area contributed by atoms with Gasteiger partial charge in [-0.05, 0) is 69.8 Å². The smallest absolute Gasteiger partial charge is 0.333 e. The van der Waals surface area contributed by atoms with Crippen molar-refractivity contribution in [3.8, 4) is 5.75 Å². The van der Waals surface area contributed by atoms with Crippen LogP contribution in [0.25, 0.3) is 10.2 Å². The number of aromatic nitrogens is 2. The van der Waals surface area contributed by atoms with Crippen LogP contribution in [0.2, 0.25) is 5.04 Å². The lowest BCUT2D eigenvalue weighted by atomic mass is 10.1. The third kappa shape index (κ3) is 5.85. The van der Waals surface area contributed by atoms with Gasteiger partial charge in [0, 0.05) is 0 Å². The van der Waals surface area contributed by atoms with Crippen LogP contribution in [0.15, 0.2) is 98.3 Å². The van der Waals surface area contributed by atoms with Crippen LogP contribution in [0.4, 0.5) is 0 Å². The third-order valence-electron chi connectivity index (χ3n) is 8.58. The van der Waals surface area contributed by atoms with E-state index in [1.165, 1.54) is 36.9 Å². The number of Topliss-reactive ketones (excluding diaryl/α,β-unsaturated/α-hetero) is 1. The summed E-state index contributed by atoms with van der Waals surface area (Å²) in [6.45, 7) is 10.6. The van der Waals surface area contributed by atoms with E-state index in [1.54, 1.807) is 31.2 Å². The molecular weight excluding hydrogens is 696 g/mol. The van der Waals surface area contributed by atoms with Gasteiger partial charge in [0.05, 0.1) is 28.4 Å². The van der Waals surface area contributed by atoms with Crippen LogP contribution >= 0.6 is 27.3 Å². The fourth-order valence-corrected chi connectivity index (χ4v) is 12.2. The minimum atomic E-state index is -3.39. The molecule has 3 aromatic carbocycles. The molecule has 2 heterocycles. The summed E-state index contributed by atoms with van der Waals surface area (Å²) >= 11 is 4.71. The summed E-state index contributed by atoms with van der Waals surface area (Å²) in [4.78, 5) is 57.4. The number of benzene rings is 3. The molecule has 0 aliphatic rings. The topological polar surface area (TPSA) is 96.6 Å². The zero-order valence-corrected chi connectivity index (χ0v) is 30.8. The van der Waals surface area contributed by atoms with Crippen LogP contribution in [0.5, 0.6) is 5.75 Å². The fraction of sp³-hybridized carbons (Fsp3) is 0.278. The van der Waals surface area contributed by atoms with E-state index in [4.69, 9.17) is 9.16 Å². The number of halogens is 1. The maximum Gasteiger partial charge on any atom is 0.333 e. The highest BCUT2D eigenvalue weighted by Crippen LogP contribution is 2.38. The molecule has 0 spiro atoms. The molecule has 0 radical (unpaired) electrons. The summed E-state index contributed by atoms with van der Waals surface area (Å²) in [6.07, 6.45) is 0. The molecule has 244 valence electrons. The number of methoxy groups -OCH3 is 1. The zero-order valence-electron chi connectivity index (χ0n) is 27.4. The summed E-state index contributed by atoms with van der Waals surface area (Å²) < 4.78 is 15.0. The van der Waals surface area contributed by atoms with E-state index in [2.05, 4.69) is 15.9 Å². The van der Waals surface area contributed by atoms with Gasteiger partial charge in [0.2, 0.25) is 0 Å². The molecular formula is C36H37BrN2O6SSi. The van der Waals surface area contributed by atoms with E-state index in [9.17, 15) is 19.2 Å². The average molecular weight is 734 g/mol. The van der Waals surface area contributed by atoms with E-state index in [-0.39, 0.29) is 17.7 Å². The molecule has 0 aliphatic heterocycles. The van der Waals surface area contributed by atoms with E-state index < -0.39 is 36.1 Å². The standard InChI is InChI=1S/C36H37BrN2O6SSi/c1-23-29-31(41)39(34(43)38(32(29)46-30(23)37)22-27(40)26-20-14-15-21-28(26)44-7)36(5,6)33(42)45-47(35(2,3)4,24-16-10-8-11-17-24)25-18-12-9-13-19-25/h8-21H,22H2,1-7H3. The van der Waals surface area contributed by atoms with E-state index in [0.717, 1.165) is 14.9 Å². The Morgan fingerprint density at radius 1 is 0.851 bits per heavy atom. The minimum absolute atomic E-state index is 0.251. The van der Waals surface area contributed by atoms with Crippen LogP contribution in [0.3, 0.4) is 0 Å². The second-order valence-electron chi connectivity index (χ2n) is 12.9. The van der Waals surface area contributed by atoms with Crippen molar-refractivity contribution in [2.75, 3.05) is 7.11 Å². The number of ketones is 1. The molecule has 47 heavy (non-hydrogen) atoms. The number of para-hydroxylation sites is 1. The second-order valence-corrected chi connectivity index (χ2v) is 19.5. The molecule has 0 unspecified atom stereocenters. The number of aryl methyl sites for hydroxylation is 1. The Bertz CT molecular complexity index is 2060. The van der Waals surface area contributed by atoms with Gasteiger partial charge in [-0.25, -0.2) is 9.36 Å². The van der Waals surface area contributed by atoms with Gasteiger partial charge in [0.15, 0.2) is 5.78 Å². The third-order valence-corrected chi connectivity index (χ3v) is 15.7. The molecule has 0 fully saturated rings. The average Bonchev–Trinajstić information content (AvgIpc) is 3.35. The number of thiophene rings is 1.